The fraction of sp³-hybridized carbons (Fsp3) is 0.188. The lowest BCUT2D eigenvalue weighted by Crippen LogP contribution is -2.15. The molecule has 0 heterocycles. The topological polar surface area (TPSA) is 29.1 Å². The minimum absolute atomic E-state index is 0.197. The molecule has 7 heteroatoms. The molecule has 0 saturated heterocycles. The van der Waals surface area contributed by atoms with Crippen LogP contribution in [0.1, 0.15) is 0 Å². The van der Waals surface area contributed by atoms with Crippen molar-refractivity contribution in [1.29, 1.82) is 0 Å². The monoisotopic (exact) mass is 357 g/mol. The van der Waals surface area contributed by atoms with E-state index in [9.17, 15) is 18.0 Å². The van der Waals surface area contributed by atoms with Crippen LogP contribution in [0.3, 0.4) is 0 Å². The lowest BCUT2D eigenvalue weighted by molar-refractivity contribution is -0.113. The number of rotatable bonds is 6. The van der Waals surface area contributed by atoms with Gasteiger partial charge in [0.15, 0.2) is 0 Å². The maximum atomic E-state index is 12.3. The molecular weight excluding hydrogens is 343 g/mol. The molecule has 0 saturated carbocycles. The molecule has 2 aromatic carbocycles. The van der Waals surface area contributed by atoms with Crippen LogP contribution in [-0.4, -0.2) is 23.6 Å². The number of carbonyl (C=O) groups is 1. The lowest BCUT2D eigenvalue weighted by Gasteiger charge is -2.11. The fourth-order valence-corrected chi connectivity index (χ4v) is 3.20. The molecule has 0 atom stereocenters. The molecule has 1 N–H and O–H groups in total. The molecule has 0 aliphatic heterocycles. The van der Waals surface area contributed by atoms with Crippen LogP contribution in [0.2, 0.25) is 0 Å². The van der Waals surface area contributed by atoms with E-state index in [1.165, 1.54) is 11.8 Å². The highest BCUT2D eigenvalue weighted by Crippen LogP contribution is 2.32. The van der Waals surface area contributed by atoms with Gasteiger partial charge in [0, 0.05) is 9.79 Å². The van der Waals surface area contributed by atoms with Gasteiger partial charge in [-0.15, -0.1) is 23.5 Å². The standard InChI is InChI=1S/C16H14F3NOS2/c17-16(18,19)11-23-14-9-5-4-8-13(14)20-15(21)10-22-12-6-2-1-3-7-12/h1-9H,10-11H2,(H,20,21). The number of benzene rings is 2. The largest absolute Gasteiger partial charge is 0.398 e. The molecule has 0 fully saturated rings. The lowest BCUT2D eigenvalue weighted by atomic mass is 10.3. The van der Waals surface area contributed by atoms with Gasteiger partial charge in [0.05, 0.1) is 17.2 Å². The first-order valence-electron chi connectivity index (χ1n) is 6.70. The van der Waals surface area contributed by atoms with Crippen molar-refractivity contribution in [1.82, 2.24) is 0 Å². The summed E-state index contributed by atoms with van der Waals surface area (Å²) in [7, 11) is 0. The molecule has 0 aromatic heterocycles. The SMILES string of the molecule is O=C(CSc1ccccc1)Nc1ccccc1SCC(F)(F)F. The number of alkyl halides is 3. The summed E-state index contributed by atoms with van der Waals surface area (Å²) in [4.78, 5) is 13.3. The maximum absolute atomic E-state index is 12.3. The number of para-hydroxylation sites is 1. The van der Waals surface area contributed by atoms with E-state index >= 15 is 0 Å². The Balaban J connectivity index is 1.92. The van der Waals surface area contributed by atoms with Crippen molar-refractivity contribution < 1.29 is 18.0 Å². The Kier molecular flexibility index (Phi) is 6.41. The fourth-order valence-electron chi connectivity index (χ4n) is 1.71. The van der Waals surface area contributed by atoms with Gasteiger partial charge in [0.1, 0.15) is 0 Å². The predicted octanol–water partition coefficient (Wildman–Crippen LogP) is 5.07. The summed E-state index contributed by atoms with van der Waals surface area (Å²) in [6.45, 7) is 0. The molecule has 23 heavy (non-hydrogen) atoms. The Bertz CT molecular complexity index is 647. The maximum Gasteiger partial charge on any atom is 0.398 e. The average Bonchev–Trinajstić information content (AvgIpc) is 2.52. The second kappa shape index (κ2) is 8.31. The Morgan fingerprint density at radius 2 is 1.61 bits per heavy atom. The van der Waals surface area contributed by atoms with Gasteiger partial charge >= 0.3 is 6.18 Å². The van der Waals surface area contributed by atoms with Crippen LogP contribution >= 0.6 is 23.5 Å². The van der Waals surface area contributed by atoms with Gasteiger partial charge in [-0.3, -0.25) is 4.79 Å². The smallest absolute Gasteiger partial charge is 0.324 e. The molecule has 0 unspecified atom stereocenters. The van der Waals surface area contributed by atoms with E-state index in [0.29, 0.717) is 22.3 Å². The van der Waals surface area contributed by atoms with E-state index in [4.69, 9.17) is 0 Å². The first-order valence-corrected chi connectivity index (χ1v) is 8.67. The summed E-state index contributed by atoms with van der Waals surface area (Å²) in [5.74, 6) is -1.04. The van der Waals surface area contributed by atoms with E-state index < -0.39 is 11.9 Å². The normalized spacial score (nSPS) is 11.3. The average molecular weight is 357 g/mol. The predicted molar refractivity (Wildman–Crippen MR) is 89.0 cm³/mol. The zero-order valence-electron chi connectivity index (χ0n) is 12.0. The summed E-state index contributed by atoms with van der Waals surface area (Å²) in [6.07, 6.45) is -4.25. The van der Waals surface area contributed by atoms with Crippen molar-refractivity contribution >= 4 is 35.1 Å². The summed E-state index contributed by atoms with van der Waals surface area (Å²) >= 11 is 2.04. The molecule has 0 aliphatic rings. The third-order valence-electron chi connectivity index (χ3n) is 2.67. The van der Waals surface area contributed by atoms with Crippen LogP contribution in [0.15, 0.2) is 64.4 Å². The minimum Gasteiger partial charge on any atom is -0.324 e. The highest BCUT2D eigenvalue weighted by atomic mass is 32.2. The van der Waals surface area contributed by atoms with E-state index in [0.717, 1.165) is 4.90 Å². The second-order valence-electron chi connectivity index (χ2n) is 4.55. The van der Waals surface area contributed by atoms with E-state index in [1.807, 2.05) is 30.3 Å². The van der Waals surface area contributed by atoms with Crippen molar-refractivity contribution in [2.45, 2.75) is 16.0 Å². The number of halogens is 3. The molecule has 0 bridgehead atoms. The number of amides is 1. The van der Waals surface area contributed by atoms with Crippen LogP contribution in [-0.2, 0) is 4.79 Å². The van der Waals surface area contributed by atoms with Crippen LogP contribution in [0, 0.1) is 0 Å². The van der Waals surface area contributed by atoms with Crippen LogP contribution in [0.4, 0.5) is 18.9 Å². The van der Waals surface area contributed by atoms with Crippen LogP contribution in [0.5, 0.6) is 0 Å². The van der Waals surface area contributed by atoms with Gasteiger partial charge < -0.3 is 5.32 Å². The number of nitrogens with one attached hydrogen (secondary N) is 1. The third kappa shape index (κ3) is 6.58. The summed E-state index contributed by atoms with van der Waals surface area (Å²) in [5.41, 5.74) is 0.403. The third-order valence-corrected chi connectivity index (χ3v) is 4.82. The zero-order chi connectivity index (χ0) is 16.7. The van der Waals surface area contributed by atoms with Crippen LogP contribution < -0.4 is 5.32 Å². The molecule has 1 amide bonds. The van der Waals surface area contributed by atoms with Gasteiger partial charge in [0.25, 0.3) is 0 Å². The molecule has 0 radical (unpaired) electrons. The molecule has 0 aliphatic carbocycles. The summed E-state index contributed by atoms with van der Waals surface area (Å²) < 4.78 is 37.0. The molecule has 2 nitrogen and oxygen atoms in total. The molecule has 2 aromatic rings. The number of hydrogen-bond acceptors (Lipinski definition) is 3. The van der Waals surface area contributed by atoms with Crippen molar-refractivity contribution in [3.63, 3.8) is 0 Å². The van der Waals surface area contributed by atoms with Crippen molar-refractivity contribution in [3.8, 4) is 0 Å². The Hall–Kier alpha value is -1.60. The number of hydrogen-bond donors (Lipinski definition) is 1. The summed E-state index contributed by atoms with van der Waals surface area (Å²) in [6, 6.07) is 15.9. The van der Waals surface area contributed by atoms with Crippen molar-refractivity contribution in [2.24, 2.45) is 0 Å². The number of anilines is 1. The number of thioether (sulfide) groups is 2. The summed E-state index contributed by atoms with van der Waals surface area (Å²) in [5, 5.41) is 2.67. The number of carbonyl (C=O) groups excluding carboxylic acids is 1. The zero-order valence-corrected chi connectivity index (χ0v) is 13.6. The molecular formula is C16H14F3NOS2. The molecule has 2 rings (SSSR count). The Morgan fingerprint density at radius 1 is 0.957 bits per heavy atom. The quantitative estimate of drug-likeness (QED) is 0.732. The van der Waals surface area contributed by atoms with E-state index in [-0.39, 0.29) is 11.7 Å². The van der Waals surface area contributed by atoms with Gasteiger partial charge in [-0.1, -0.05) is 30.3 Å². The van der Waals surface area contributed by atoms with E-state index in [2.05, 4.69) is 5.32 Å². The van der Waals surface area contributed by atoms with Crippen molar-refractivity contribution in [2.75, 3.05) is 16.8 Å². The van der Waals surface area contributed by atoms with Gasteiger partial charge in [-0.25, -0.2) is 0 Å². The van der Waals surface area contributed by atoms with E-state index in [1.54, 1.807) is 24.3 Å². The molecule has 122 valence electrons. The van der Waals surface area contributed by atoms with Gasteiger partial charge in [0.2, 0.25) is 5.91 Å². The first-order chi connectivity index (χ1) is 10.9. The van der Waals surface area contributed by atoms with Crippen molar-refractivity contribution in [3.05, 3.63) is 54.6 Å². The second-order valence-corrected chi connectivity index (χ2v) is 6.62. The van der Waals surface area contributed by atoms with Crippen LogP contribution in [0.25, 0.3) is 0 Å². The first kappa shape index (κ1) is 17.7. The Morgan fingerprint density at radius 3 is 2.30 bits per heavy atom. The highest BCUT2D eigenvalue weighted by Gasteiger charge is 2.27. The Labute approximate surface area is 140 Å². The van der Waals surface area contributed by atoms with Gasteiger partial charge in [-0.2, -0.15) is 13.2 Å². The van der Waals surface area contributed by atoms with Gasteiger partial charge in [-0.05, 0) is 24.3 Å². The minimum atomic E-state index is -4.25. The highest BCUT2D eigenvalue weighted by molar-refractivity contribution is 8.00. The molecule has 0 spiro atoms.